The second-order valence-corrected chi connectivity index (χ2v) is 17.5. The molecule has 0 aromatic heterocycles. The fraction of sp³-hybridized carbons (Fsp3) is 0.0500. The molecule has 0 atom stereocenters. The van der Waals surface area contributed by atoms with E-state index in [0.29, 0.717) is 22.8 Å². The first-order chi connectivity index (χ1) is 28.7. The van der Waals surface area contributed by atoms with Gasteiger partial charge in [-0.1, -0.05) is 99.8 Å². The molecule has 62 heavy (non-hydrogen) atoms. The molecule has 0 aliphatic heterocycles. The molecule has 6 rings (SSSR count). The lowest BCUT2D eigenvalue weighted by molar-refractivity contribution is -0.138. The molecule has 22 heteroatoms. The highest BCUT2D eigenvalue weighted by atomic mass is 79.9. The van der Waals surface area contributed by atoms with E-state index in [1.807, 2.05) is 0 Å². The highest BCUT2D eigenvalue weighted by Gasteiger charge is 2.32. The second kappa shape index (κ2) is 20.1. The van der Waals surface area contributed by atoms with Crippen LogP contribution >= 0.6 is 39.1 Å². The number of carbonyl (C=O) groups excluding carboxylic acids is 2. The molecule has 6 aromatic rings. The number of carbonyl (C=O) groups is 2. The molecule has 0 saturated carbocycles. The van der Waals surface area contributed by atoms with Gasteiger partial charge in [-0.25, -0.2) is 27.1 Å². The van der Waals surface area contributed by atoms with Crippen LogP contribution in [0, 0.1) is 0 Å². The Bertz CT molecular complexity index is 2830. The first-order valence-electron chi connectivity index (χ1n) is 17.0. The van der Waals surface area contributed by atoms with Crippen molar-refractivity contribution in [3.8, 4) is 11.1 Å². The maximum Gasteiger partial charge on any atom is 0.488 e. The van der Waals surface area contributed by atoms with Crippen molar-refractivity contribution in [2.45, 2.75) is 22.1 Å². The second-order valence-electron chi connectivity index (χ2n) is 12.7. The maximum atomic E-state index is 12.9. The van der Waals surface area contributed by atoms with Gasteiger partial charge in [0.1, 0.15) is 9.79 Å². The lowest BCUT2D eigenvalue weighted by Crippen LogP contribution is -2.30. The van der Waals surface area contributed by atoms with E-state index >= 15 is 0 Å². The Morgan fingerprint density at radius 2 is 0.919 bits per heavy atom. The molecule has 0 saturated heterocycles. The molecule has 0 fully saturated rings. The fourth-order valence-electron chi connectivity index (χ4n) is 5.22. The highest BCUT2D eigenvalue weighted by molar-refractivity contribution is 9.10. The van der Waals surface area contributed by atoms with Crippen LogP contribution in [0.5, 0.6) is 0 Å². The summed E-state index contributed by atoms with van der Waals surface area (Å²) in [5, 5.41) is 27.2. The molecule has 0 heterocycles. The minimum Gasteiger partial charge on any atom is -0.423 e. The van der Waals surface area contributed by atoms with Crippen LogP contribution in [-0.4, -0.2) is 45.6 Å². The van der Waals surface area contributed by atoms with Crippen molar-refractivity contribution < 1.29 is 62.8 Å². The maximum absolute atomic E-state index is 12.9. The van der Waals surface area contributed by atoms with E-state index in [4.69, 9.17) is 43.5 Å². The zero-order valence-corrected chi connectivity index (χ0v) is 35.7. The van der Waals surface area contributed by atoms with E-state index < -0.39 is 56.4 Å². The van der Waals surface area contributed by atoms with E-state index in [9.17, 15) is 52.8 Å². The molecule has 0 aliphatic rings. The lowest BCUT2D eigenvalue weighted by atomic mass is 9.79. The van der Waals surface area contributed by atoms with Gasteiger partial charge < -0.3 is 10.0 Å². The molecule has 324 valence electrons. The smallest absolute Gasteiger partial charge is 0.423 e. The molecule has 10 nitrogen and oxygen atoms in total. The number of rotatable bonds is 8. The summed E-state index contributed by atoms with van der Waals surface area (Å²) in [4.78, 5) is 24.3. The summed E-state index contributed by atoms with van der Waals surface area (Å²) in [6.07, 6.45) is -8.91. The van der Waals surface area contributed by atoms with Crippen molar-refractivity contribution >= 4 is 83.3 Å². The number of halogens is 9. The molecule has 0 bridgehead atoms. The van der Waals surface area contributed by atoms with Gasteiger partial charge in [0, 0.05) is 26.7 Å². The number of ketones is 2. The summed E-state index contributed by atoms with van der Waals surface area (Å²) >= 11 is 14.9. The van der Waals surface area contributed by atoms with Crippen molar-refractivity contribution in [2.24, 2.45) is 10.3 Å². The monoisotopic (exact) mass is 1000 g/mol. The van der Waals surface area contributed by atoms with Gasteiger partial charge in [-0.3, -0.25) is 9.59 Å². The molecule has 0 aliphatic carbocycles. The van der Waals surface area contributed by atoms with Crippen molar-refractivity contribution in [3.05, 3.63) is 181 Å². The molecule has 0 unspecified atom stereocenters. The summed E-state index contributed by atoms with van der Waals surface area (Å²) in [6, 6.07) is 29.1. The third-order valence-electron chi connectivity index (χ3n) is 8.29. The largest absolute Gasteiger partial charge is 0.488 e. The van der Waals surface area contributed by atoms with Gasteiger partial charge in [0.05, 0.1) is 21.2 Å². The Hall–Kier alpha value is -4.90. The van der Waals surface area contributed by atoms with Gasteiger partial charge >= 0.3 is 19.5 Å². The average molecular weight is 1000 g/mol. The summed E-state index contributed by atoms with van der Waals surface area (Å²) in [7, 11) is -9.95. The minimum absolute atomic E-state index is 0.0140. The van der Waals surface area contributed by atoms with Crippen molar-refractivity contribution in [1.82, 2.24) is 0 Å². The number of sulfonamides is 2. The number of hydrogen-bond donors (Lipinski definition) is 4. The summed E-state index contributed by atoms with van der Waals surface area (Å²) < 4.78 is 122. The normalized spacial score (nSPS) is 11.7. The van der Waals surface area contributed by atoms with Crippen LogP contribution in [-0.2, 0) is 32.4 Å². The molecule has 0 spiro atoms. The van der Waals surface area contributed by atoms with Crippen LogP contribution in [0.4, 0.5) is 26.3 Å². The Labute approximate surface area is 369 Å². The van der Waals surface area contributed by atoms with Crippen LogP contribution in [0.1, 0.15) is 43.0 Å². The Balaban J connectivity index is 0.000000222. The van der Waals surface area contributed by atoms with Crippen molar-refractivity contribution in [2.75, 3.05) is 0 Å². The van der Waals surface area contributed by atoms with E-state index in [2.05, 4.69) is 15.9 Å². The quantitative estimate of drug-likeness (QED) is 0.0665. The third-order valence-corrected chi connectivity index (χ3v) is 11.6. The zero-order valence-electron chi connectivity index (χ0n) is 31.0. The van der Waals surface area contributed by atoms with Gasteiger partial charge in [0.2, 0.25) is 20.0 Å². The first-order valence-corrected chi connectivity index (χ1v) is 21.6. The summed E-state index contributed by atoms with van der Waals surface area (Å²) in [6.45, 7) is 0. The molecule has 6 aromatic carbocycles. The molecule has 6 N–H and O–H groups in total. The van der Waals surface area contributed by atoms with Crippen LogP contribution in [0.15, 0.2) is 148 Å². The predicted octanol–water partition coefficient (Wildman–Crippen LogP) is 8.27. The summed E-state index contributed by atoms with van der Waals surface area (Å²) in [5.41, 5.74) is -0.0547. The lowest BCUT2D eigenvalue weighted by Gasteiger charge is -2.10. The van der Waals surface area contributed by atoms with Gasteiger partial charge in [-0.05, 0) is 89.4 Å². The van der Waals surface area contributed by atoms with Crippen LogP contribution in [0.25, 0.3) is 11.1 Å². The average Bonchev–Trinajstić information content (AvgIpc) is 3.20. The Kier molecular flexibility index (Phi) is 16.1. The van der Waals surface area contributed by atoms with Gasteiger partial charge in [-0.15, -0.1) is 0 Å². The fourth-order valence-corrected chi connectivity index (χ4v) is 7.63. The van der Waals surface area contributed by atoms with Crippen LogP contribution in [0.2, 0.25) is 10.0 Å². The topological polar surface area (TPSA) is 195 Å². The molecular weight excluding hydrogens is 976 g/mol. The van der Waals surface area contributed by atoms with Crippen LogP contribution < -0.4 is 15.7 Å². The van der Waals surface area contributed by atoms with Gasteiger partial charge in [0.15, 0.2) is 11.6 Å². The molecule has 0 amide bonds. The van der Waals surface area contributed by atoms with Crippen LogP contribution in [0.3, 0.4) is 0 Å². The van der Waals surface area contributed by atoms with Crippen molar-refractivity contribution in [3.63, 3.8) is 0 Å². The molecular formula is C40H28BBrCl2F6N2O8S2. The zero-order chi connectivity index (χ0) is 46.4. The van der Waals surface area contributed by atoms with E-state index in [1.54, 1.807) is 24.3 Å². The Morgan fingerprint density at radius 3 is 1.32 bits per heavy atom. The number of nitrogens with two attached hydrogens (primary N) is 2. The predicted molar refractivity (Wildman–Crippen MR) is 225 cm³/mol. The minimum atomic E-state index is -4.46. The number of primary sulfonamides is 2. The number of hydrogen-bond acceptors (Lipinski definition) is 8. The van der Waals surface area contributed by atoms with Gasteiger partial charge in [0.25, 0.3) is 0 Å². The Morgan fingerprint density at radius 1 is 0.532 bits per heavy atom. The van der Waals surface area contributed by atoms with Crippen molar-refractivity contribution in [1.29, 1.82) is 0 Å². The first kappa shape index (κ1) is 49.8. The molecule has 0 radical (unpaired) electrons. The van der Waals surface area contributed by atoms with E-state index in [0.717, 1.165) is 34.8 Å². The number of benzene rings is 6. The highest BCUT2D eigenvalue weighted by Crippen LogP contribution is 2.33. The number of alkyl halides is 6. The van der Waals surface area contributed by atoms with E-state index in [1.165, 1.54) is 72.8 Å². The SMILES string of the molecule is NS(=O)(=O)c1cc(C(=O)c2ccc(-c3cccc(C(F)(F)F)c3)cc2)ccc1Cl.NS(=O)(=O)c1cc(C(=O)c2ccc(Br)cc2)ccc1Cl.OB(O)c1cccc(C(F)(F)F)c1. The summed E-state index contributed by atoms with van der Waals surface area (Å²) in [5.74, 6) is -0.791. The third kappa shape index (κ3) is 13.6. The van der Waals surface area contributed by atoms with Gasteiger partial charge in [-0.2, -0.15) is 26.3 Å². The standard InChI is InChI=1S/C20H13ClF3NO3S.C13H9BrClNO3S.C7H6BF3O2/c21-17-9-8-15(11-18(17)29(25,27)28)19(26)13-6-4-12(5-7-13)14-2-1-3-16(10-14)20(22,23)24;14-10-4-1-8(2-5-10)13(17)9-3-6-11(15)12(7-9)20(16,18)19;9-7(10,11)5-2-1-3-6(4-5)8(12)13/h1-11H,(H2,25,27,28);1-7H,(H2,16,18,19);1-4,12-13H. The van der Waals surface area contributed by atoms with E-state index in [-0.39, 0.29) is 47.8 Å².